The Kier molecular flexibility index (Phi) is 79.6. The number of hydrogen-bond donors (Lipinski definition) is 3. The van der Waals surface area contributed by atoms with E-state index in [2.05, 4.69) is 27.7 Å². The number of carbonyl (C=O) groups is 4. The number of esters is 4. The second-order valence-corrected chi connectivity index (χ2v) is 34.2. The van der Waals surface area contributed by atoms with Gasteiger partial charge in [-0.15, -0.1) is 0 Å². The molecule has 0 saturated carbocycles. The molecule has 3 N–H and O–H groups in total. The molecule has 0 aliphatic rings. The Bertz CT molecular complexity index is 2000. The van der Waals surface area contributed by atoms with Crippen LogP contribution in [0.4, 0.5) is 0 Å². The smallest absolute Gasteiger partial charge is 0.462 e. The molecule has 0 aromatic carbocycles. The van der Waals surface area contributed by atoms with Crippen molar-refractivity contribution in [3.05, 3.63) is 0 Å². The van der Waals surface area contributed by atoms with Crippen LogP contribution in [0, 0.1) is 0 Å². The largest absolute Gasteiger partial charge is 0.472 e. The molecule has 2 unspecified atom stereocenters. The number of phosphoric ester groups is 2. The molecule has 17 nitrogen and oxygen atoms in total. The highest BCUT2D eigenvalue weighted by Crippen LogP contribution is 2.45. The lowest BCUT2D eigenvalue weighted by Gasteiger charge is -2.21. The predicted octanol–water partition coefficient (Wildman–Crippen LogP) is 26.9. The van der Waals surface area contributed by atoms with Crippen LogP contribution in [0.25, 0.3) is 0 Å². The molecule has 0 heterocycles. The van der Waals surface area contributed by atoms with Gasteiger partial charge in [-0.2, -0.15) is 0 Å². The van der Waals surface area contributed by atoms with E-state index in [1.54, 1.807) is 0 Å². The van der Waals surface area contributed by atoms with Crippen molar-refractivity contribution in [2.75, 3.05) is 39.6 Å². The monoisotopic (exact) mass is 1550 g/mol. The van der Waals surface area contributed by atoms with Gasteiger partial charge in [-0.3, -0.25) is 37.3 Å². The molecule has 0 bridgehead atoms. The summed E-state index contributed by atoms with van der Waals surface area (Å²) < 4.78 is 68.8. The first kappa shape index (κ1) is 104. The fourth-order valence-electron chi connectivity index (χ4n) is 13.7. The Morgan fingerprint density at radius 3 is 0.557 bits per heavy atom. The lowest BCUT2D eigenvalue weighted by atomic mass is 10.0. The highest BCUT2D eigenvalue weighted by Gasteiger charge is 2.30. The van der Waals surface area contributed by atoms with Crippen LogP contribution in [0.15, 0.2) is 0 Å². The summed E-state index contributed by atoms with van der Waals surface area (Å²) in [6, 6.07) is 0. The Labute approximate surface area is 651 Å². The van der Waals surface area contributed by atoms with Crippen LogP contribution < -0.4 is 0 Å². The zero-order valence-corrected chi connectivity index (χ0v) is 71.2. The Balaban J connectivity index is 5.17. The number of hydrogen-bond acceptors (Lipinski definition) is 15. The van der Waals surface area contributed by atoms with E-state index in [9.17, 15) is 43.2 Å². The van der Waals surface area contributed by atoms with Crippen molar-refractivity contribution in [1.82, 2.24) is 0 Å². The molecule has 0 aliphatic heterocycles. The summed E-state index contributed by atoms with van der Waals surface area (Å²) in [6.45, 7) is 5.03. The highest BCUT2D eigenvalue weighted by atomic mass is 31.2. The van der Waals surface area contributed by atoms with E-state index in [1.807, 2.05) is 0 Å². The number of carbonyl (C=O) groups excluding carboxylic acids is 4. The van der Waals surface area contributed by atoms with Crippen LogP contribution in [0.3, 0.4) is 0 Å². The molecule has 630 valence electrons. The maximum atomic E-state index is 13.2. The molecule has 0 aromatic rings. The second-order valence-electron chi connectivity index (χ2n) is 31.3. The lowest BCUT2D eigenvalue weighted by Crippen LogP contribution is -2.30. The van der Waals surface area contributed by atoms with Crippen molar-refractivity contribution in [3.63, 3.8) is 0 Å². The summed E-state index contributed by atoms with van der Waals surface area (Å²) >= 11 is 0. The predicted molar refractivity (Wildman–Crippen MR) is 437 cm³/mol. The van der Waals surface area contributed by atoms with Crippen LogP contribution >= 0.6 is 15.6 Å². The van der Waals surface area contributed by atoms with Gasteiger partial charge in [0.1, 0.15) is 19.3 Å². The third kappa shape index (κ3) is 80.1. The molecule has 0 radical (unpaired) electrons. The minimum Gasteiger partial charge on any atom is -0.462 e. The van der Waals surface area contributed by atoms with E-state index < -0.39 is 97.5 Å². The molecule has 0 saturated heterocycles. The summed E-state index contributed by atoms with van der Waals surface area (Å²) in [5, 5.41) is 10.7. The van der Waals surface area contributed by atoms with Gasteiger partial charge in [0.25, 0.3) is 0 Å². The van der Waals surface area contributed by atoms with Gasteiger partial charge < -0.3 is 33.8 Å². The quantitative estimate of drug-likeness (QED) is 0.0222. The Hall–Kier alpha value is -1.94. The summed E-state index contributed by atoms with van der Waals surface area (Å²) in [5.41, 5.74) is 0. The van der Waals surface area contributed by atoms with Gasteiger partial charge in [0, 0.05) is 25.7 Å². The first-order valence-corrected chi connectivity index (χ1v) is 48.3. The second kappa shape index (κ2) is 81.1. The number of phosphoric acid groups is 2. The third-order valence-corrected chi connectivity index (χ3v) is 22.5. The summed E-state index contributed by atoms with van der Waals surface area (Å²) in [4.78, 5) is 73.1. The molecule has 106 heavy (non-hydrogen) atoms. The molecule has 0 amide bonds. The Morgan fingerprint density at radius 2 is 0.377 bits per heavy atom. The van der Waals surface area contributed by atoms with Crippen LogP contribution in [0.1, 0.15) is 477 Å². The minimum atomic E-state index is -4.96. The molecule has 0 fully saturated rings. The minimum absolute atomic E-state index is 0.108. The number of aliphatic hydroxyl groups excluding tert-OH is 1. The number of ether oxygens (including phenoxy) is 4. The van der Waals surface area contributed by atoms with Gasteiger partial charge in [-0.05, 0) is 25.7 Å². The van der Waals surface area contributed by atoms with Gasteiger partial charge in [0.05, 0.1) is 26.4 Å². The Morgan fingerprint density at radius 1 is 0.226 bits per heavy atom. The topological polar surface area (TPSA) is 237 Å². The van der Waals surface area contributed by atoms with Crippen molar-refractivity contribution in [3.8, 4) is 0 Å². The molecular weight excluding hydrogens is 1380 g/mol. The van der Waals surface area contributed by atoms with Crippen molar-refractivity contribution in [2.45, 2.75) is 495 Å². The fourth-order valence-corrected chi connectivity index (χ4v) is 15.3. The van der Waals surface area contributed by atoms with E-state index >= 15 is 0 Å². The molecule has 0 spiro atoms. The summed E-state index contributed by atoms with van der Waals surface area (Å²) in [7, 11) is -9.92. The molecular formula is C87H170O17P2. The number of rotatable bonds is 88. The third-order valence-electron chi connectivity index (χ3n) is 20.6. The SMILES string of the molecule is CCCCCCCCCCCCCCCCCCCCCCCCC(=O)OC[C@H](COP(=O)(O)OC[C@@H](O)COP(=O)(O)OC[C@@H](COC(=O)CCCCCCCCCCC)OC(=O)CCCCCCCCCCCCCCC)OC(=O)CCCCCCCCCCCCCCCCCCCCCCCC. The summed E-state index contributed by atoms with van der Waals surface area (Å²) in [5.74, 6) is -2.10. The van der Waals surface area contributed by atoms with Gasteiger partial charge >= 0.3 is 39.5 Å². The first-order valence-electron chi connectivity index (χ1n) is 45.3. The molecule has 0 aromatic heterocycles. The number of unbranched alkanes of at least 4 members (excludes halogenated alkanes) is 62. The highest BCUT2D eigenvalue weighted by molar-refractivity contribution is 7.47. The zero-order chi connectivity index (χ0) is 77.4. The maximum absolute atomic E-state index is 13.2. The fraction of sp³-hybridized carbons (Fsp3) is 0.954. The lowest BCUT2D eigenvalue weighted by molar-refractivity contribution is -0.161. The van der Waals surface area contributed by atoms with Gasteiger partial charge in [-0.25, -0.2) is 9.13 Å². The van der Waals surface area contributed by atoms with Gasteiger partial charge in [0.15, 0.2) is 12.2 Å². The molecule has 0 aliphatic carbocycles. The van der Waals surface area contributed by atoms with Crippen LogP contribution in [-0.4, -0.2) is 96.7 Å². The normalized spacial score (nSPS) is 13.7. The summed E-state index contributed by atoms with van der Waals surface area (Å²) in [6.07, 6.45) is 76.6. The van der Waals surface area contributed by atoms with Gasteiger partial charge in [0.2, 0.25) is 0 Å². The van der Waals surface area contributed by atoms with Crippen molar-refractivity contribution in [1.29, 1.82) is 0 Å². The van der Waals surface area contributed by atoms with Crippen molar-refractivity contribution in [2.24, 2.45) is 0 Å². The van der Waals surface area contributed by atoms with E-state index in [4.69, 9.17) is 37.0 Å². The van der Waals surface area contributed by atoms with Crippen LogP contribution in [0.5, 0.6) is 0 Å². The molecule has 5 atom stereocenters. The van der Waals surface area contributed by atoms with E-state index in [-0.39, 0.29) is 25.7 Å². The first-order chi connectivity index (χ1) is 51.7. The van der Waals surface area contributed by atoms with Crippen LogP contribution in [0.2, 0.25) is 0 Å². The standard InChI is InChI=1S/C87H170O17P2/c1-5-9-13-17-21-25-28-31-33-35-37-39-41-43-45-47-50-52-56-60-64-68-72-85(90)98-78-83(104-87(92)74-70-66-62-58-54-51-48-46-44-42-40-38-36-34-32-29-26-22-18-14-10-6-2)80-102-106(95,96)100-76-81(88)75-99-105(93,94)101-79-82(77-97-84(89)71-67-63-59-55-24-20-16-12-8-4)103-86(91)73-69-65-61-57-53-49-30-27-23-19-15-11-7-3/h81-83,88H,5-80H2,1-4H3,(H,93,94)(H,95,96)/t81-,82+,83+/m0/s1. The number of aliphatic hydroxyl groups is 1. The van der Waals surface area contributed by atoms with Crippen LogP contribution in [-0.2, 0) is 65.4 Å². The average Bonchev–Trinajstić information content (AvgIpc) is 0.902. The molecule has 0 rings (SSSR count). The van der Waals surface area contributed by atoms with E-state index in [0.717, 1.165) is 89.9 Å². The van der Waals surface area contributed by atoms with Gasteiger partial charge in [-0.1, -0.05) is 426 Å². The average molecular weight is 1550 g/mol. The zero-order valence-electron chi connectivity index (χ0n) is 69.4. The maximum Gasteiger partial charge on any atom is 0.472 e. The van der Waals surface area contributed by atoms with E-state index in [0.29, 0.717) is 25.7 Å². The van der Waals surface area contributed by atoms with Crippen molar-refractivity contribution >= 4 is 39.5 Å². The van der Waals surface area contributed by atoms with Crippen molar-refractivity contribution < 1.29 is 80.2 Å². The van der Waals surface area contributed by atoms with E-state index in [1.165, 1.54) is 308 Å². The molecule has 19 heteroatoms.